The van der Waals surface area contributed by atoms with Gasteiger partial charge in [0, 0.05) is 13.5 Å². The Morgan fingerprint density at radius 1 is 1.40 bits per heavy atom. The largest absolute Gasteiger partial charge is 0.481 e. The van der Waals surface area contributed by atoms with Crippen molar-refractivity contribution in [3.8, 4) is 0 Å². The van der Waals surface area contributed by atoms with Crippen LogP contribution in [0, 0.1) is 0 Å². The van der Waals surface area contributed by atoms with Crippen molar-refractivity contribution in [2.45, 2.75) is 33.1 Å². The van der Waals surface area contributed by atoms with Gasteiger partial charge in [-0.05, 0) is 13.3 Å². The second-order valence-electron chi connectivity index (χ2n) is 2.15. The molecule has 0 spiro atoms. The maximum atomic E-state index is 5.24. The molecule has 0 aliphatic carbocycles. The Balaban J connectivity index is 3.41. The standard InChI is InChI=1S/C8H17NO/c1-4-6-7-8(9-3)10-5-2/h4-7H2,1-3H3. The van der Waals surface area contributed by atoms with E-state index in [9.17, 15) is 0 Å². The van der Waals surface area contributed by atoms with Crippen molar-refractivity contribution in [1.29, 1.82) is 0 Å². The summed E-state index contributed by atoms with van der Waals surface area (Å²) in [5.41, 5.74) is 0. The molecular formula is C8H17NO. The quantitative estimate of drug-likeness (QED) is 0.437. The van der Waals surface area contributed by atoms with Crippen LogP contribution in [0.2, 0.25) is 0 Å². The summed E-state index contributed by atoms with van der Waals surface area (Å²) >= 11 is 0. The fourth-order valence-corrected chi connectivity index (χ4v) is 0.743. The molecule has 0 saturated heterocycles. The Morgan fingerprint density at radius 2 is 2.10 bits per heavy atom. The van der Waals surface area contributed by atoms with E-state index in [1.54, 1.807) is 7.05 Å². The molecule has 0 aliphatic heterocycles. The second kappa shape index (κ2) is 6.59. The highest BCUT2D eigenvalue weighted by atomic mass is 16.5. The van der Waals surface area contributed by atoms with Gasteiger partial charge in [0.25, 0.3) is 0 Å². The lowest BCUT2D eigenvalue weighted by molar-refractivity contribution is 0.315. The summed E-state index contributed by atoms with van der Waals surface area (Å²) in [5, 5.41) is 0. The Bertz CT molecular complexity index is 99.4. The minimum atomic E-state index is 0.733. The highest BCUT2D eigenvalue weighted by molar-refractivity contribution is 5.75. The Kier molecular flexibility index (Phi) is 6.24. The van der Waals surface area contributed by atoms with Gasteiger partial charge < -0.3 is 4.74 Å². The molecular weight excluding hydrogens is 126 g/mol. The van der Waals surface area contributed by atoms with E-state index in [-0.39, 0.29) is 0 Å². The van der Waals surface area contributed by atoms with Crippen LogP contribution in [0.25, 0.3) is 0 Å². The summed E-state index contributed by atoms with van der Waals surface area (Å²) in [5.74, 6) is 0.893. The third-order valence-electron chi connectivity index (χ3n) is 1.30. The van der Waals surface area contributed by atoms with E-state index in [0.29, 0.717) is 0 Å². The van der Waals surface area contributed by atoms with E-state index in [1.807, 2.05) is 6.92 Å². The van der Waals surface area contributed by atoms with Crippen LogP contribution < -0.4 is 0 Å². The van der Waals surface area contributed by atoms with Crippen LogP contribution in [0.4, 0.5) is 0 Å². The van der Waals surface area contributed by atoms with Gasteiger partial charge in [-0.3, -0.25) is 4.99 Å². The lowest BCUT2D eigenvalue weighted by Gasteiger charge is -2.04. The van der Waals surface area contributed by atoms with Gasteiger partial charge in [-0.25, -0.2) is 0 Å². The average molecular weight is 143 g/mol. The number of hydrogen-bond donors (Lipinski definition) is 0. The SMILES string of the molecule is CCCCC(=NC)OCC. The van der Waals surface area contributed by atoms with Crippen molar-refractivity contribution < 1.29 is 4.74 Å². The van der Waals surface area contributed by atoms with Gasteiger partial charge in [0.05, 0.1) is 6.61 Å². The Morgan fingerprint density at radius 3 is 2.50 bits per heavy atom. The van der Waals surface area contributed by atoms with Crippen LogP contribution in [-0.2, 0) is 4.74 Å². The van der Waals surface area contributed by atoms with E-state index in [2.05, 4.69) is 11.9 Å². The zero-order valence-electron chi connectivity index (χ0n) is 7.18. The average Bonchev–Trinajstić information content (AvgIpc) is 1.98. The molecule has 2 nitrogen and oxygen atoms in total. The first-order chi connectivity index (χ1) is 4.85. The Labute approximate surface area is 63.3 Å². The molecule has 2 heteroatoms. The predicted octanol–water partition coefficient (Wildman–Crippen LogP) is 2.24. The van der Waals surface area contributed by atoms with E-state index in [1.165, 1.54) is 12.8 Å². The molecule has 0 saturated carbocycles. The first kappa shape index (κ1) is 9.47. The first-order valence-corrected chi connectivity index (χ1v) is 3.93. The molecule has 0 heterocycles. The van der Waals surface area contributed by atoms with Crippen LogP contribution in [-0.4, -0.2) is 19.6 Å². The van der Waals surface area contributed by atoms with Crippen molar-refractivity contribution in [3.63, 3.8) is 0 Å². The van der Waals surface area contributed by atoms with Crippen molar-refractivity contribution in [2.24, 2.45) is 4.99 Å². The molecule has 0 aromatic rings. The third kappa shape index (κ3) is 4.36. The minimum Gasteiger partial charge on any atom is -0.481 e. The van der Waals surface area contributed by atoms with Crippen molar-refractivity contribution >= 4 is 5.90 Å². The molecule has 0 unspecified atom stereocenters. The van der Waals surface area contributed by atoms with Crippen molar-refractivity contribution in [2.75, 3.05) is 13.7 Å². The van der Waals surface area contributed by atoms with Crippen LogP contribution in [0.15, 0.2) is 4.99 Å². The summed E-state index contributed by atoms with van der Waals surface area (Å²) < 4.78 is 5.24. The van der Waals surface area contributed by atoms with Crippen LogP contribution >= 0.6 is 0 Å². The summed E-state index contributed by atoms with van der Waals surface area (Å²) in [4.78, 5) is 4.01. The zero-order valence-corrected chi connectivity index (χ0v) is 7.18. The fourth-order valence-electron chi connectivity index (χ4n) is 0.743. The highest BCUT2D eigenvalue weighted by Crippen LogP contribution is 1.97. The van der Waals surface area contributed by atoms with E-state index < -0.39 is 0 Å². The number of unbranched alkanes of at least 4 members (excludes halogenated alkanes) is 1. The van der Waals surface area contributed by atoms with Crippen LogP contribution in [0.5, 0.6) is 0 Å². The summed E-state index contributed by atoms with van der Waals surface area (Å²) in [6.07, 6.45) is 3.36. The van der Waals surface area contributed by atoms with Gasteiger partial charge in [0.15, 0.2) is 5.90 Å². The van der Waals surface area contributed by atoms with Crippen LogP contribution in [0.1, 0.15) is 33.1 Å². The minimum absolute atomic E-state index is 0.733. The monoisotopic (exact) mass is 143 g/mol. The Hall–Kier alpha value is -0.530. The highest BCUT2D eigenvalue weighted by Gasteiger charge is 1.95. The topological polar surface area (TPSA) is 21.6 Å². The molecule has 0 aromatic carbocycles. The van der Waals surface area contributed by atoms with E-state index in [0.717, 1.165) is 18.9 Å². The second-order valence-corrected chi connectivity index (χ2v) is 2.15. The molecule has 0 radical (unpaired) electrons. The predicted molar refractivity (Wildman–Crippen MR) is 44.5 cm³/mol. The summed E-state index contributed by atoms with van der Waals surface area (Å²) in [6, 6.07) is 0. The molecule has 0 fully saturated rings. The summed E-state index contributed by atoms with van der Waals surface area (Å²) in [6.45, 7) is 4.88. The lowest BCUT2D eigenvalue weighted by Crippen LogP contribution is -2.03. The van der Waals surface area contributed by atoms with Crippen molar-refractivity contribution in [3.05, 3.63) is 0 Å². The molecule has 10 heavy (non-hydrogen) atoms. The van der Waals surface area contributed by atoms with Crippen molar-refractivity contribution in [1.82, 2.24) is 0 Å². The lowest BCUT2D eigenvalue weighted by atomic mass is 10.2. The number of rotatable bonds is 4. The van der Waals surface area contributed by atoms with E-state index in [4.69, 9.17) is 4.74 Å². The van der Waals surface area contributed by atoms with Gasteiger partial charge in [-0.1, -0.05) is 13.3 Å². The van der Waals surface area contributed by atoms with Gasteiger partial charge in [-0.15, -0.1) is 0 Å². The number of hydrogen-bond acceptors (Lipinski definition) is 2. The molecule has 0 amide bonds. The first-order valence-electron chi connectivity index (χ1n) is 3.93. The molecule has 0 rings (SSSR count). The molecule has 0 atom stereocenters. The molecule has 0 aliphatic rings. The smallest absolute Gasteiger partial charge is 0.182 e. The van der Waals surface area contributed by atoms with Gasteiger partial charge in [-0.2, -0.15) is 0 Å². The normalized spacial score (nSPS) is 11.7. The molecule has 0 aromatic heterocycles. The zero-order chi connectivity index (χ0) is 7.82. The van der Waals surface area contributed by atoms with Gasteiger partial charge in [0.2, 0.25) is 0 Å². The maximum absolute atomic E-state index is 5.24. The number of nitrogens with zero attached hydrogens (tertiary/aromatic N) is 1. The third-order valence-corrected chi connectivity index (χ3v) is 1.30. The number of aliphatic imine (C=N–C) groups is 1. The number of ether oxygens (including phenoxy) is 1. The molecule has 60 valence electrons. The fraction of sp³-hybridized carbons (Fsp3) is 0.875. The van der Waals surface area contributed by atoms with Gasteiger partial charge in [0.1, 0.15) is 0 Å². The molecule has 0 N–H and O–H groups in total. The molecule has 0 bridgehead atoms. The summed E-state index contributed by atoms with van der Waals surface area (Å²) in [7, 11) is 1.78. The van der Waals surface area contributed by atoms with E-state index >= 15 is 0 Å². The van der Waals surface area contributed by atoms with Gasteiger partial charge >= 0.3 is 0 Å². The maximum Gasteiger partial charge on any atom is 0.182 e. The van der Waals surface area contributed by atoms with Crippen LogP contribution in [0.3, 0.4) is 0 Å².